The summed E-state index contributed by atoms with van der Waals surface area (Å²) in [4.78, 5) is 26.3. The molecule has 2 N–H and O–H groups in total. The summed E-state index contributed by atoms with van der Waals surface area (Å²) in [6.07, 6.45) is 4.38. The van der Waals surface area contributed by atoms with Crippen molar-refractivity contribution in [2.45, 2.75) is 44.4 Å². The van der Waals surface area contributed by atoms with Gasteiger partial charge in [0.1, 0.15) is 0 Å². The minimum Gasteiger partial charge on any atom is -0.369 e. The molecule has 118 valence electrons. The van der Waals surface area contributed by atoms with Crippen molar-refractivity contribution in [2.75, 3.05) is 13.1 Å². The predicted molar refractivity (Wildman–Crippen MR) is 85.2 cm³/mol. The Kier molecular flexibility index (Phi) is 3.94. The van der Waals surface area contributed by atoms with E-state index in [9.17, 15) is 9.59 Å². The predicted octanol–water partition coefficient (Wildman–Crippen LogP) is 2.14. The van der Waals surface area contributed by atoms with Crippen LogP contribution in [0, 0.1) is 12.8 Å². The molecule has 1 saturated carbocycles. The molecule has 0 unspecified atom stereocenters. The lowest BCUT2D eigenvalue weighted by Gasteiger charge is -2.45. The summed E-state index contributed by atoms with van der Waals surface area (Å²) in [5.74, 6) is -0.0585. The van der Waals surface area contributed by atoms with E-state index < -0.39 is 0 Å². The van der Waals surface area contributed by atoms with Gasteiger partial charge >= 0.3 is 0 Å². The van der Waals surface area contributed by atoms with Gasteiger partial charge in [-0.2, -0.15) is 0 Å². The number of piperidine rings is 1. The number of hydrogen-bond donors (Lipinski definition) is 1. The molecule has 1 saturated heterocycles. The molecule has 0 spiro atoms. The molecule has 1 heterocycles. The van der Waals surface area contributed by atoms with Gasteiger partial charge in [0.05, 0.1) is 5.41 Å². The Morgan fingerprint density at radius 2 is 1.91 bits per heavy atom. The zero-order valence-electron chi connectivity index (χ0n) is 13.2. The highest BCUT2D eigenvalue weighted by atomic mass is 16.2. The monoisotopic (exact) mass is 300 g/mol. The third kappa shape index (κ3) is 2.51. The maximum absolute atomic E-state index is 13.1. The zero-order valence-corrected chi connectivity index (χ0v) is 13.2. The molecule has 2 amide bonds. The Hall–Kier alpha value is -1.84. The maximum Gasteiger partial charge on any atom is 0.233 e. The summed E-state index contributed by atoms with van der Waals surface area (Å²) in [5, 5.41) is 0. The molecule has 2 fully saturated rings. The van der Waals surface area contributed by atoms with Crippen molar-refractivity contribution in [1.82, 2.24) is 4.90 Å². The molecule has 0 radical (unpaired) electrons. The van der Waals surface area contributed by atoms with Crippen molar-refractivity contribution < 1.29 is 9.59 Å². The van der Waals surface area contributed by atoms with Crippen molar-refractivity contribution in [3.05, 3.63) is 35.4 Å². The number of nitrogens with zero attached hydrogens (tertiary/aromatic N) is 1. The van der Waals surface area contributed by atoms with Gasteiger partial charge in [-0.15, -0.1) is 0 Å². The number of hydrogen-bond acceptors (Lipinski definition) is 2. The van der Waals surface area contributed by atoms with E-state index in [1.807, 2.05) is 11.0 Å². The molecule has 0 atom stereocenters. The van der Waals surface area contributed by atoms with Gasteiger partial charge < -0.3 is 10.6 Å². The first kappa shape index (κ1) is 15.1. The highest BCUT2D eigenvalue weighted by Crippen LogP contribution is 2.45. The SMILES string of the molecule is Cc1cccc(C2(C(=O)N3CCC(C(N)=O)CC3)CCC2)c1. The van der Waals surface area contributed by atoms with Crippen LogP contribution in [-0.2, 0) is 15.0 Å². The number of rotatable bonds is 3. The van der Waals surface area contributed by atoms with Crippen LogP contribution >= 0.6 is 0 Å². The van der Waals surface area contributed by atoms with Crippen LogP contribution in [0.1, 0.15) is 43.2 Å². The first-order valence-corrected chi connectivity index (χ1v) is 8.19. The second-order valence-corrected chi connectivity index (χ2v) is 6.77. The molecule has 1 aromatic rings. The number of benzene rings is 1. The molecule has 4 nitrogen and oxygen atoms in total. The Morgan fingerprint density at radius 1 is 1.23 bits per heavy atom. The third-order valence-corrected chi connectivity index (χ3v) is 5.37. The lowest BCUT2D eigenvalue weighted by molar-refractivity contribution is -0.143. The van der Waals surface area contributed by atoms with E-state index in [0.717, 1.165) is 24.8 Å². The fourth-order valence-corrected chi connectivity index (χ4v) is 3.77. The average molecular weight is 300 g/mol. The molecule has 1 aromatic carbocycles. The van der Waals surface area contributed by atoms with E-state index in [2.05, 4.69) is 25.1 Å². The van der Waals surface area contributed by atoms with E-state index >= 15 is 0 Å². The van der Waals surface area contributed by atoms with E-state index in [0.29, 0.717) is 25.9 Å². The van der Waals surface area contributed by atoms with Crippen LogP contribution in [0.2, 0.25) is 0 Å². The van der Waals surface area contributed by atoms with E-state index in [4.69, 9.17) is 5.73 Å². The third-order valence-electron chi connectivity index (χ3n) is 5.37. The van der Waals surface area contributed by atoms with Gasteiger partial charge in [0.25, 0.3) is 0 Å². The van der Waals surface area contributed by atoms with Crippen LogP contribution in [0.25, 0.3) is 0 Å². The number of nitrogens with two attached hydrogens (primary N) is 1. The fourth-order valence-electron chi connectivity index (χ4n) is 3.77. The molecule has 0 aromatic heterocycles. The van der Waals surface area contributed by atoms with Crippen LogP contribution in [0.15, 0.2) is 24.3 Å². The number of likely N-dealkylation sites (tertiary alicyclic amines) is 1. The number of carbonyl (C=O) groups excluding carboxylic acids is 2. The minimum absolute atomic E-state index is 0.0691. The molecule has 1 aliphatic heterocycles. The van der Waals surface area contributed by atoms with Crippen molar-refractivity contribution in [2.24, 2.45) is 11.7 Å². The van der Waals surface area contributed by atoms with E-state index in [-0.39, 0.29) is 23.1 Å². The number of amides is 2. The minimum atomic E-state index is -0.328. The highest BCUT2D eigenvalue weighted by Gasteiger charge is 2.48. The molecular formula is C18H24N2O2. The van der Waals surface area contributed by atoms with E-state index in [1.165, 1.54) is 5.56 Å². The van der Waals surface area contributed by atoms with Gasteiger partial charge in [-0.3, -0.25) is 9.59 Å². The smallest absolute Gasteiger partial charge is 0.233 e. The lowest BCUT2D eigenvalue weighted by Crippen LogP contribution is -2.53. The maximum atomic E-state index is 13.1. The Bertz CT molecular complexity index is 585. The first-order valence-electron chi connectivity index (χ1n) is 8.19. The summed E-state index contributed by atoms with van der Waals surface area (Å²) in [5.41, 5.74) is 7.40. The van der Waals surface area contributed by atoms with Gasteiger partial charge in [0.2, 0.25) is 11.8 Å². The zero-order chi connectivity index (χ0) is 15.7. The first-order chi connectivity index (χ1) is 10.5. The van der Waals surface area contributed by atoms with Gasteiger partial charge in [-0.05, 0) is 38.2 Å². The largest absolute Gasteiger partial charge is 0.369 e. The molecule has 4 heteroatoms. The molecule has 2 aliphatic rings. The van der Waals surface area contributed by atoms with Crippen molar-refractivity contribution in [3.8, 4) is 0 Å². The van der Waals surface area contributed by atoms with Crippen molar-refractivity contribution in [1.29, 1.82) is 0 Å². The average Bonchev–Trinajstić information content (AvgIpc) is 2.46. The normalized spacial score (nSPS) is 21.2. The van der Waals surface area contributed by atoms with Gasteiger partial charge in [0, 0.05) is 19.0 Å². The van der Waals surface area contributed by atoms with Crippen LogP contribution in [0.5, 0.6) is 0 Å². The molecule has 1 aliphatic carbocycles. The molecule has 3 rings (SSSR count). The summed E-state index contributed by atoms with van der Waals surface area (Å²) >= 11 is 0. The highest BCUT2D eigenvalue weighted by molar-refractivity contribution is 5.89. The number of carbonyl (C=O) groups is 2. The number of primary amides is 1. The molecule has 0 bridgehead atoms. The molecular weight excluding hydrogens is 276 g/mol. The second-order valence-electron chi connectivity index (χ2n) is 6.77. The van der Waals surface area contributed by atoms with Gasteiger partial charge in [-0.25, -0.2) is 0 Å². The summed E-state index contributed by atoms with van der Waals surface area (Å²) < 4.78 is 0. The second kappa shape index (κ2) is 5.75. The Morgan fingerprint density at radius 3 is 2.41 bits per heavy atom. The van der Waals surface area contributed by atoms with Crippen LogP contribution in [-0.4, -0.2) is 29.8 Å². The van der Waals surface area contributed by atoms with Crippen molar-refractivity contribution >= 4 is 11.8 Å². The van der Waals surface area contributed by atoms with Crippen LogP contribution in [0.3, 0.4) is 0 Å². The summed E-state index contributed by atoms with van der Waals surface area (Å²) in [6.45, 7) is 3.37. The Balaban J connectivity index is 1.77. The standard InChI is InChI=1S/C18H24N2O2/c1-13-4-2-5-15(12-13)18(8-3-9-18)17(22)20-10-6-14(7-11-20)16(19)21/h2,4-5,12,14H,3,6-11H2,1H3,(H2,19,21). The summed E-state index contributed by atoms with van der Waals surface area (Å²) in [7, 11) is 0. The fraction of sp³-hybridized carbons (Fsp3) is 0.556. The quantitative estimate of drug-likeness (QED) is 0.929. The topological polar surface area (TPSA) is 63.4 Å². The van der Waals surface area contributed by atoms with Crippen molar-refractivity contribution in [3.63, 3.8) is 0 Å². The Labute approximate surface area is 131 Å². The molecule has 22 heavy (non-hydrogen) atoms. The van der Waals surface area contributed by atoms with E-state index in [1.54, 1.807) is 0 Å². The van der Waals surface area contributed by atoms with Gasteiger partial charge in [-0.1, -0.05) is 36.2 Å². The van der Waals surface area contributed by atoms with Crippen LogP contribution in [0.4, 0.5) is 0 Å². The lowest BCUT2D eigenvalue weighted by atomic mass is 9.63. The van der Waals surface area contributed by atoms with Crippen LogP contribution < -0.4 is 5.73 Å². The number of aryl methyl sites for hydroxylation is 1. The summed E-state index contributed by atoms with van der Waals surface area (Å²) in [6, 6.07) is 8.34. The van der Waals surface area contributed by atoms with Gasteiger partial charge in [0.15, 0.2) is 0 Å².